The minimum atomic E-state index is -0.368. The molecule has 2 aromatic heterocycles. The van der Waals surface area contributed by atoms with Crippen molar-refractivity contribution >= 4 is 50.0 Å². The number of thiazole rings is 1. The molecule has 10 nitrogen and oxygen atoms in total. The molecule has 0 aliphatic rings. The van der Waals surface area contributed by atoms with Gasteiger partial charge in [-0.05, 0) is 75.4 Å². The van der Waals surface area contributed by atoms with E-state index in [1.165, 1.54) is 11.3 Å². The number of nitrogens with zero attached hydrogens (tertiary/aromatic N) is 3. The maximum absolute atomic E-state index is 12.9. The molecule has 38 heavy (non-hydrogen) atoms. The molecular formula is C27H31N7O3S. The van der Waals surface area contributed by atoms with Gasteiger partial charge in [0.25, 0.3) is 5.91 Å². The minimum Gasteiger partial charge on any atom is -0.497 e. The number of hydrogen-bond donors (Lipinski definition) is 4. The fourth-order valence-corrected chi connectivity index (χ4v) is 4.74. The number of carbonyl (C=O) groups excluding carboxylic acids is 2. The number of fused-ring (bicyclic) bond motifs is 1. The molecule has 4 aromatic rings. The van der Waals surface area contributed by atoms with E-state index in [1.54, 1.807) is 49.7 Å². The molecular weight excluding hydrogens is 502 g/mol. The molecule has 3 amide bonds. The van der Waals surface area contributed by atoms with E-state index >= 15 is 0 Å². The number of para-hydroxylation sites is 2. The Kier molecular flexibility index (Phi) is 8.72. The second-order valence-corrected chi connectivity index (χ2v) is 10.00. The number of ether oxygens (including phenoxy) is 1. The predicted octanol–water partition coefficient (Wildman–Crippen LogP) is 4.74. The van der Waals surface area contributed by atoms with E-state index in [-0.39, 0.29) is 23.7 Å². The minimum absolute atomic E-state index is 0.249. The second-order valence-electron chi connectivity index (χ2n) is 8.97. The smallest absolute Gasteiger partial charge is 0.321 e. The summed E-state index contributed by atoms with van der Waals surface area (Å²) in [5.41, 5.74) is 8.74. The largest absolute Gasteiger partial charge is 0.497 e. The quantitative estimate of drug-likeness (QED) is 0.216. The highest BCUT2D eigenvalue weighted by atomic mass is 32.1. The molecule has 0 saturated heterocycles. The van der Waals surface area contributed by atoms with Crippen molar-refractivity contribution in [3.8, 4) is 5.75 Å². The first-order chi connectivity index (χ1) is 18.3. The maximum atomic E-state index is 12.9. The number of benzene rings is 2. The summed E-state index contributed by atoms with van der Waals surface area (Å²) in [4.78, 5) is 36.5. The monoisotopic (exact) mass is 533 g/mol. The van der Waals surface area contributed by atoms with Gasteiger partial charge in [0, 0.05) is 6.20 Å². The molecule has 2 heterocycles. The van der Waals surface area contributed by atoms with Gasteiger partial charge in [0.1, 0.15) is 11.4 Å². The van der Waals surface area contributed by atoms with Crippen LogP contribution >= 0.6 is 11.3 Å². The van der Waals surface area contributed by atoms with Crippen molar-refractivity contribution in [1.29, 1.82) is 0 Å². The van der Waals surface area contributed by atoms with Gasteiger partial charge in [-0.25, -0.2) is 9.78 Å². The fraction of sp³-hybridized carbons (Fsp3) is 0.259. The van der Waals surface area contributed by atoms with Crippen LogP contribution in [0.4, 0.5) is 21.3 Å². The molecule has 2 aromatic carbocycles. The SMILES string of the molecule is COc1ccc2nc(NC(=O)NC(CCCN(C)C)c3ccc(C(=O)Nc4ccccc4N)nc3)sc2c1. The third-order valence-corrected chi connectivity index (χ3v) is 6.78. The molecule has 0 aliphatic heterocycles. The zero-order valence-corrected chi connectivity index (χ0v) is 22.3. The fourth-order valence-electron chi connectivity index (χ4n) is 3.85. The van der Waals surface area contributed by atoms with Gasteiger partial charge in [-0.1, -0.05) is 29.5 Å². The van der Waals surface area contributed by atoms with Crippen molar-refractivity contribution in [1.82, 2.24) is 20.2 Å². The van der Waals surface area contributed by atoms with Crippen molar-refractivity contribution in [2.75, 3.05) is 44.1 Å². The Labute approximate surface area is 225 Å². The van der Waals surface area contributed by atoms with Gasteiger partial charge in [-0.3, -0.25) is 15.1 Å². The topological polar surface area (TPSA) is 134 Å². The van der Waals surface area contributed by atoms with E-state index in [0.29, 0.717) is 22.9 Å². The van der Waals surface area contributed by atoms with E-state index in [9.17, 15) is 9.59 Å². The summed E-state index contributed by atoms with van der Waals surface area (Å²) >= 11 is 1.37. The van der Waals surface area contributed by atoms with Gasteiger partial charge in [-0.2, -0.15) is 0 Å². The van der Waals surface area contributed by atoms with E-state index in [4.69, 9.17) is 10.5 Å². The molecule has 0 bridgehead atoms. The van der Waals surface area contributed by atoms with Crippen LogP contribution in [0.3, 0.4) is 0 Å². The van der Waals surface area contributed by atoms with Crippen LogP contribution in [0.15, 0.2) is 60.8 Å². The lowest BCUT2D eigenvalue weighted by atomic mass is 10.0. The highest BCUT2D eigenvalue weighted by Gasteiger charge is 2.18. The number of rotatable bonds is 10. The Morgan fingerprint density at radius 1 is 1.11 bits per heavy atom. The van der Waals surface area contributed by atoms with Crippen LogP contribution in [-0.4, -0.2) is 54.6 Å². The number of nitrogens with one attached hydrogen (secondary N) is 3. The maximum Gasteiger partial charge on any atom is 0.321 e. The van der Waals surface area contributed by atoms with Crippen LogP contribution in [0, 0.1) is 0 Å². The Balaban J connectivity index is 1.45. The summed E-state index contributed by atoms with van der Waals surface area (Å²) < 4.78 is 6.18. The van der Waals surface area contributed by atoms with Crippen LogP contribution in [0.5, 0.6) is 5.75 Å². The first-order valence-corrected chi connectivity index (χ1v) is 12.9. The van der Waals surface area contributed by atoms with Gasteiger partial charge in [0.05, 0.1) is 34.7 Å². The average Bonchev–Trinajstić information content (AvgIpc) is 3.30. The van der Waals surface area contributed by atoms with Crippen LogP contribution < -0.4 is 26.4 Å². The molecule has 0 spiro atoms. The summed E-state index contributed by atoms with van der Waals surface area (Å²) in [5.74, 6) is 0.367. The van der Waals surface area contributed by atoms with E-state index in [0.717, 1.165) is 34.5 Å². The Morgan fingerprint density at radius 3 is 2.63 bits per heavy atom. The number of nitrogen functional groups attached to an aromatic ring is 1. The standard InChI is InChI=1S/C27H31N7O3S/c1-34(2)14-6-9-20(31-26(36)33-27-32-22-13-11-18(37-3)15-24(22)38-27)17-10-12-23(29-16-17)25(35)30-21-8-5-4-7-19(21)28/h4-5,7-8,10-13,15-16,20H,6,9,14,28H2,1-3H3,(H,30,35)(H2,31,32,33,36). The predicted molar refractivity (Wildman–Crippen MR) is 152 cm³/mol. The lowest BCUT2D eigenvalue weighted by molar-refractivity contribution is 0.102. The summed E-state index contributed by atoms with van der Waals surface area (Å²) in [7, 11) is 5.62. The summed E-state index contributed by atoms with van der Waals surface area (Å²) in [5, 5.41) is 9.14. The Hall–Kier alpha value is -4.22. The number of carbonyl (C=O) groups is 2. The number of urea groups is 1. The number of pyridine rings is 1. The number of hydrogen-bond acceptors (Lipinski definition) is 8. The van der Waals surface area contributed by atoms with E-state index in [2.05, 4.69) is 30.8 Å². The van der Waals surface area contributed by atoms with Gasteiger partial charge in [-0.15, -0.1) is 0 Å². The molecule has 0 fully saturated rings. The zero-order chi connectivity index (χ0) is 27.1. The second kappa shape index (κ2) is 12.3. The number of anilines is 3. The summed E-state index contributed by atoms with van der Waals surface area (Å²) in [6.07, 6.45) is 3.17. The Bertz CT molecular complexity index is 1410. The summed E-state index contributed by atoms with van der Waals surface area (Å²) in [6.45, 7) is 0.867. The lowest BCUT2D eigenvalue weighted by Gasteiger charge is -2.20. The van der Waals surface area contributed by atoms with Gasteiger partial charge < -0.3 is 26.0 Å². The number of methoxy groups -OCH3 is 1. The molecule has 0 aliphatic carbocycles. The van der Waals surface area contributed by atoms with Crippen LogP contribution in [0.1, 0.15) is 34.9 Å². The normalized spacial score (nSPS) is 11.8. The molecule has 5 N–H and O–H groups in total. The highest BCUT2D eigenvalue weighted by molar-refractivity contribution is 7.22. The van der Waals surface area contributed by atoms with Crippen molar-refractivity contribution in [2.45, 2.75) is 18.9 Å². The van der Waals surface area contributed by atoms with E-state index < -0.39 is 0 Å². The highest BCUT2D eigenvalue weighted by Crippen LogP contribution is 2.29. The molecule has 198 valence electrons. The summed E-state index contributed by atoms with van der Waals surface area (Å²) in [6, 6.07) is 15.4. The van der Waals surface area contributed by atoms with Crippen molar-refractivity contribution in [3.05, 3.63) is 72.1 Å². The van der Waals surface area contributed by atoms with Crippen molar-refractivity contribution in [2.24, 2.45) is 0 Å². The lowest BCUT2D eigenvalue weighted by Crippen LogP contribution is -2.33. The zero-order valence-electron chi connectivity index (χ0n) is 21.5. The van der Waals surface area contributed by atoms with Crippen LogP contribution in [0.2, 0.25) is 0 Å². The molecule has 0 radical (unpaired) electrons. The third kappa shape index (κ3) is 6.96. The van der Waals surface area contributed by atoms with Crippen LogP contribution in [-0.2, 0) is 0 Å². The van der Waals surface area contributed by atoms with Gasteiger partial charge in [0.15, 0.2) is 5.13 Å². The van der Waals surface area contributed by atoms with Crippen LogP contribution in [0.25, 0.3) is 10.2 Å². The number of aromatic nitrogens is 2. The van der Waals surface area contributed by atoms with Gasteiger partial charge >= 0.3 is 6.03 Å². The first kappa shape index (κ1) is 26.8. The molecule has 11 heteroatoms. The molecule has 0 saturated carbocycles. The number of nitrogens with two attached hydrogens (primary N) is 1. The average molecular weight is 534 g/mol. The molecule has 1 unspecified atom stereocenters. The number of amides is 3. The van der Waals surface area contributed by atoms with E-state index in [1.807, 2.05) is 32.3 Å². The van der Waals surface area contributed by atoms with Gasteiger partial charge in [0.2, 0.25) is 0 Å². The molecule has 1 atom stereocenters. The Morgan fingerprint density at radius 2 is 1.92 bits per heavy atom. The molecule has 4 rings (SSSR count). The first-order valence-electron chi connectivity index (χ1n) is 12.1. The van der Waals surface area contributed by atoms with Crippen molar-refractivity contribution in [3.63, 3.8) is 0 Å². The van der Waals surface area contributed by atoms with Crippen molar-refractivity contribution < 1.29 is 14.3 Å². The third-order valence-electron chi connectivity index (χ3n) is 5.85.